The van der Waals surface area contributed by atoms with Crippen LogP contribution >= 0.6 is 11.3 Å². The van der Waals surface area contributed by atoms with E-state index in [0.717, 1.165) is 37.4 Å². The van der Waals surface area contributed by atoms with Crippen molar-refractivity contribution in [2.24, 2.45) is 5.92 Å². The maximum absolute atomic E-state index is 12.9. The standard InChI is InChI=1S/C25H28N2O4S/c28-18-4-3-15-11-19-25(30)7-5-17(26-23(29)16-6-10-32-13-16)22-24(25,20(15)21(18)31-22)8-9-27(19)12-14-1-2-14/h3-4,6,10,13-14,17,19,22,28,30H,1-2,5,7-9,11-12H2,(H,26,29)/t17-,19+,22-,24-,25+/m0/s1. The number of aromatic hydroxyl groups is 1. The molecule has 3 aliphatic carbocycles. The topological polar surface area (TPSA) is 82.0 Å². The number of hydrogen-bond donors (Lipinski definition) is 3. The Labute approximate surface area is 191 Å². The Hall–Kier alpha value is -2.09. The SMILES string of the molecule is O=C(N[C@H]1CC[C@@]2(O)[C@H]3Cc4ccc(O)c5c4[C@@]2(CCN3CC2CC2)[C@H]1O5)c1ccsc1. The molecule has 3 fully saturated rings. The van der Waals surface area contributed by atoms with Crippen LogP contribution in [0.15, 0.2) is 29.0 Å². The van der Waals surface area contributed by atoms with Crippen molar-refractivity contribution in [1.29, 1.82) is 0 Å². The number of nitrogens with zero attached hydrogens (tertiary/aromatic N) is 1. The number of ether oxygens (including phenoxy) is 1. The van der Waals surface area contributed by atoms with Crippen LogP contribution in [-0.2, 0) is 11.8 Å². The van der Waals surface area contributed by atoms with Crippen LogP contribution in [0.4, 0.5) is 0 Å². The predicted molar refractivity (Wildman–Crippen MR) is 120 cm³/mol. The third kappa shape index (κ3) is 2.39. The van der Waals surface area contributed by atoms with Crippen molar-refractivity contribution in [3.8, 4) is 11.5 Å². The Morgan fingerprint density at radius 2 is 2.12 bits per heavy atom. The number of amides is 1. The lowest BCUT2D eigenvalue weighted by atomic mass is 9.48. The molecule has 0 radical (unpaired) electrons. The molecule has 0 unspecified atom stereocenters. The average molecular weight is 453 g/mol. The zero-order chi connectivity index (χ0) is 21.7. The van der Waals surface area contributed by atoms with Crippen molar-refractivity contribution < 1.29 is 19.7 Å². The van der Waals surface area contributed by atoms with Crippen LogP contribution < -0.4 is 10.1 Å². The number of likely N-dealkylation sites (tertiary alicyclic amines) is 1. The summed E-state index contributed by atoms with van der Waals surface area (Å²) in [7, 11) is 0. The average Bonchev–Trinajstić information content (AvgIpc) is 3.27. The Bertz CT molecular complexity index is 1100. The van der Waals surface area contributed by atoms with Crippen LogP contribution in [0.1, 0.15) is 53.6 Å². The largest absolute Gasteiger partial charge is 0.504 e. The molecular formula is C25H28N2O4S. The normalized spacial score (nSPS) is 37.0. The van der Waals surface area contributed by atoms with Crippen LogP contribution in [0, 0.1) is 5.92 Å². The highest BCUT2D eigenvalue weighted by atomic mass is 32.1. The van der Waals surface area contributed by atoms with Gasteiger partial charge in [0.05, 0.1) is 17.1 Å². The number of benzene rings is 1. The Balaban J connectivity index is 1.32. The van der Waals surface area contributed by atoms with Gasteiger partial charge in [0.25, 0.3) is 5.91 Å². The van der Waals surface area contributed by atoms with Gasteiger partial charge in [-0.2, -0.15) is 11.3 Å². The first-order valence-corrected chi connectivity index (χ1v) is 12.8. The van der Waals surface area contributed by atoms with Gasteiger partial charge in [-0.3, -0.25) is 9.69 Å². The molecule has 32 heavy (non-hydrogen) atoms. The maximum atomic E-state index is 12.9. The van der Waals surface area contributed by atoms with Crippen LogP contribution in [0.25, 0.3) is 0 Å². The molecular weight excluding hydrogens is 424 g/mol. The predicted octanol–water partition coefficient (Wildman–Crippen LogP) is 2.82. The van der Waals surface area contributed by atoms with E-state index in [1.54, 1.807) is 6.07 Å². The third-order valence-corrected chi connectivity index (χ3v) is 9.55. The second kappa shape index (κ2) is 6.49. The summed E-state index contributed by atoms with van der Waals surface area (Å²) in [5, 5.41) is 30.1. The van der Waals surface area contributed by atoms with Gasteiger partial charge < -0.3 is 20.3 Å². The summed E-state index contributed by atoms with van der Waals surface area (Å²) in [6.45, 7) is 1.98. The van der Waals surface area contributed by atoms with Crippen LogP contribution in [0.2, 0.25) is 0 Å². The summed E-state index contributed by atoms with van der Waals surface area (Å²) in [6, 6.07) is 5.42. The first kappa shape index (κ1) is 19.4. The molecule has 168 valence electrons. The van der Waals surface area contributed by atoms with Crippen molar-refractivity contribution in [2.75, 3.05) is 13.1 Å². The van der Waals surface area contributed by atoms with Gasteiger partial charge in [0.15, 0.2) is 11.5 Å². The molecule has 7 rings (SSSR count). The smallest absolute Gasteiger partial charge is 0.252 e. The summed E-state index contributed by atoms with van der Waals surface area (Å²) in [5.41, 5.74) is 1.33. The molecule has 3 N–H and O–H groups in total. The molecule has 1 spiro atoms. The molecule has 1 amide bonds. The molecule has 5 atom stereocenters. The Kier molecular flexibility index (Phi) is 3.93. The molecule has 6 nitrogen and oxygen atoms in total. The zero-order valence-corrected chi connectivity index (χ0v) is 18.7. The van der Waals surface area contributed by atoms with E-state index in [0.29, 0.717) is 24.2 Å². The molecule has 2 bridgehead atoms. The van der Waals surface area contributed by atoms with E-state index in [9.17, 15) is 15.0 Å². The maximum Gasteiger partial charge on any atom is 0.252 e. The van der Waals surface area contributed by atoms with Gasteiger partial charge in [0, 0.05) is 29.1 Å². The van der Waals surface area contributed by atoms with Gasteiger partial charge in [0.2, 0.25) is 0 Å². The number of piperidine rings is 1. The van der Waals surface area contributed by atoms with Crippen molar-refractivity contribution >= 4 is 17.2 Å². The first-order valence-electron chi connectivity index (χ1n) is 11.8. The number of thiophene rings is 1. The second-order valence-corrected chi connectivity index (χ2v) is 11.2. The van der Waals surface area contributed by atoms with Crippen molar-refractivity contribution in [1.82, 2.24) is 10.2 Å². The van der Waals surface area contributed by atoms with Crippen molar-refractivity contribution in [3.63, 3.8) is 0 Å². The lowest BCUT2D eigenvalue weighted by molar-refractivity contribution is -0.191. The number of aliphatic hydroxyl groups is 1. The highest BCUT2D eigenvalue weighted by Crippen LogP contribution is 2.65. The molecule has 7 heteroatoms. The monoisotopic (exact) mass is 452 g/mol. The minimum atomic E-state index is -0.916. The van der Waals surface area contributed by atoms with Gasteiger partial charge in [-0.25, -0.2) is 0 Å². The lowest BCUT2D eigenvalue weighted by Gasteiger charge is -2.64. The van der Waals surface area contributed by atoms with E-state index < -0.39 is 11.0 Å². The minimum Gasteiger partial charge on any atom is -0.504 e. The van der Waals surface area contributed by atoms with Crippen molar-refractivity contribution in [2.45, 2.75) is 67.7 Å². The van der Waals surface area contributed by atoms with E-state index >= 15 is 0 Å². The third-order valence-electron chi connectivity index (χ3n) is 8.86. The molecule has 1 aromatic heterocycles. The Morgan fingerprint density at radius 3 is 2.91 bits per heavy atom. The summed E-state index contributed by atoms with van der Waals surface area (Å²) in [5.74, 6) is 1.33. The van der Waals surface area contributed by atoms with Gasteiger partial charge >= 0.3 is 0 Å². The van der Waals surface area contributed by atoms with E-state index in [1.165, 1.54) is 29.7 Å². The minimum absolute atomic E-state index is 0.0551. The van der Waals surface area contributed by atoms with E-state index in [2.05, 4.69) is 10.2 Å². The summed E-state index contributed by atoms with van der Waals surface area (Å²) in [6.07, 6.45) is 5.07. The second-order valence-electron chi connectivity index (χ2n) is 10.4. The fourth-order valence-electron chi connectivity index (χ4n) is 7.27. The van der Waals surface area contributed by atoms with E-state index in [1.807, 2.05) is 22.9 Å². The highest BCUT2D eigenvalue weighted by molar-refractivity contribution is 7.08. The van der Waals surface area contributed by atoms with E-state index in [4.69, 9.17) is 4.74 Å². The zero-order valence-electron chi connectivity index (χ0n) is 17.9. The van der Waals surface area contributed by atoms with Crippen LogP contribution in [-0.4, -0.2) is 57.9 Å². The molecule has 5 aliphatic rings. The number of rotatable bonds is 4. The summed E-state index contributed by atoms with van der Waals surface area (Å²) >= 11 is 1.50. The molecule has 3 heterocycles. The molecule has 2 saturated carbocycles. The van der Waals surface area contributed by atoms with Gasteiger partial charge in [-0.15, -0.1) is 0 Å². The first-order chi connectivity index (χ1) is 15.5. The van der Waals surface area contributed by atoms with Gasteiger partial charge in [0.1, 0.15) is 6.10 Å². The number of phenols is 1. The van der Waals surface area contributed by atoms with Crippen LogP contribution in [0.5, 0.6) is 11.5 Å². The summed E-state index contributed by atoms with van der Waals surface area (Å²) < 4.78 is 6.49. The molecule has 1 aromatic carbocycles. The lowest BCUT2D eigenvalue weighted by Crippen LogP contribution is -2.78. The number of carbonyl (C=O) groups excluding carboxylic acids is 1. The number of hydrogen-bond acceptors (Lipinski definition) is 6. The molecule has 2 aliphatic heterocycles. The van der Waals surface area contributed by atoms with Gasteiger partial charge in [-0.1, -0.05) is 6.07 Å². The fourth-order valence-corrected chi connectivity index (χ4v) is 7.91. The molecule has 1 saturated heterocycles. The van der Waals surface area contributed by atoms with Crippen LogP contribution in [0.3, 0.4) is 0 Å². The number of nitrogens with one attached hydrogen (secondary N) is 1. The highest BCUT2D eigenvalue weighted by Gasteiger charge is 2.73. The number of phenolic OH excluding ortho intramolecular Hbond substituents is 1. The fraction of sp³-hybridized carbons (Fsp3) is 0.560. The van der Waals surface area contributed by atoms with Gasteiger partial charge in [-0.05, 0) is 74.1 Å². The molecule has 2 aromatic rings. The number of carbonyl (C=O) groups is 1. The van der Waals surface area contributed by atoms with E-state index in [-0.39, 0.29) is 29.8 Å². The Morgan fingerprint density at radius 1 is 1.25 bits per heavy atom. The quantitative estimate of drug-likeness (QED) is 0.665. The summed E-state index contributed by atoms with van der Waals surface area (Å²) in [4.78, 5) is 15.4. The van der Waals surface area contributed by atoms with Crippen molar-refractivity contribution in [3.05, 3.63) is 45.6 Å².